The number of nitrogens with zero attached hydrogens (tertiary/aromatic N) is 2. The lowest BCUT2D eigenvalue weighted by molar-refractivity contribution is 0.441. The topological polar surface area (TPSA) is 50.1 Å². The van der Waals surface area contributed by atoms with Crippen LogP contribution in [-0.2, 0) is 13.5 Å². The van der Waals surface area contributed by atoms with Crippen molar-refractivity contribution in [3.63, 3.8) is 0 Å². The zero-order valence-corrected chi connectivity index (χ0v) is 13.4. The summed E-state index contributed by atoms with van der Waals surface area (Å²) in [5.41, 5.74) is 2.01. The summed E-state index contributed by atoms with van der Waals surface area (Å²) in [7, 11) is 1.92. The Kier molecular flexibility index (Phi) is 5.20. The maximum atomic E-state index is 9.98. The second-order valence-electron chi connectivity index (χ2n) is 4.85. The lowest BCUT2D eigenvalue weighted by atomic mass is 10.0. The average molecular weight is 338 g/mol. The van der Waals surface area contributed by atoms with Gasteiger partial charge in [-0.3, -0.25) is 4.68 Å². The van der Waals surface area contributed by atoms with E-state index in [2.05, 4.69) is 33.3 Å². The summed E-state index contributed by atoms with van der Waals surface area (Å²) in [6, 6.07) is 7.72. The van der Waals surface area contributed by atoms with Crippen molar-refractivity contribution in [1.82, 2.24) is 15.1 Å². The first-order chi connectivity index (χ1) is 9.60. The number of hydrogen-bond donors (Lipinski definition) is 2. The Bertz CT molecular complexity index is 568. The molecule has 0 amide bonds. The molecular weight excluding hydrogens is 318 g/mol. The van der Waals surface area contributed by atoms with E-state index in [1.807, 2.05) is 36.1 Å². The Hall–Kier alpha value is -1.33. The number of aromatic hydroxyl groups is 1. The SMILES string of the molecule is CCC(NCCc1ccn(C)n1)c1cc(Br)ccc1O. The number of aromatic nitrogens is 2. The molecule has 1 heterocycles. The minimum absolute atomic E-state index is 0.149. The maximum Gasteiger partial charge on any atom is 0.120 e. The van der Waals surface area contributed by atoms with Crippen LogP contribution in [0.2, 0.25) is 0 Å². The normalized spacial score (nSPS) is 12.6. The van der Waals surface area contributed by atoms with Gasteiger partial charge in [0, 0.05) is 42.3 Å². The number of halogens is 1. The van der Waals surface area contributed by atoms with Crippen LogP contribution in [0.5, 0.6) is 5.75 Å². The Balaban J connectivity index is 1.96. The number of rotatable bonds is 6. The van der Waals surface area contributed by atoms with Gasteiger partial charge in [-0.1, -0.05) is 22.9 Å². The van der Waals surface area contributed by atoms with Gasteiger partial charge >= 0.3 is 0 Å². The molecule has 1 atom stereocenters. The van der Waals surface area contributed by atoms with Crippen molar-refractivity contribution in [2.45, 2.75) is 25.8 Å². The lowest BCUT2D eigenvalue weighted by Crippen LogP contribution is -2.23. The van der Waals surface area contributed by atoms with Crippen molar-refractivity contribution in [2.75, 3.05) is 6.54 Å². The van der Waals surface area contributed by atoms with Crippen LogP contribution < -0.4 is 5.32 Å². The average Bonchev–Trinajstić information content (AvgIpc) is 2.84. The molecule has 0 saturated heterocycles. The highest BCUT2D eigenvalue weighted by molar-refractivity contribution is 9.10. The summed E-state index contributed by atoms with van der Waals surface area (Å²) in [5.74, 6) is 0.338. The minimum Gasteiger partial charge on any atom is -0.508 e. The van der Waals surface area contributed by atoms with Crippen LogP contribution in [0.25, 0.3) is 0 Å². The number of hydrogen-bond acceptors (Lipinski definition) is 3. The third-order valence-corrected chi connectivity index (χ3v) is 3.81. The molecule has 0 spiro atoms. The first kappa shape index (κ1) is 15.1. The predicted octanol–water partition coefficient (Wildman–Crippen LogP) is 3.17. The molecule has 2 rings (SSSR count). The summed E-state index contributed by atoms with van der Waals surface area (Å²) in [5, 5.41) is 17.8. The van der Waals surface area contributed by atoms with Crippen LogP contribution in [0.3, 0.4) is 0 Å². The summed E-state index contributed by atoms with van der Waals surface area (Å²) < 4.78 is 2.79. The highest BCUT2D eigenvalue weighted by Gasteiger charge is 2.13. The standard InChI is InChI=1S/C15H20BrN3O/c1-3-14(13-10-11(16)4-5-15(13)20)17-8-6-12-7-9-19(2)18-12/h4-5,7,9-10,14,17,20H,3,6,8H2,1-2H3. The Labute approximate surface area is 127 Å². The van der Waals surface area contributed by atoms with Gasteiger partial charge in [-0.15, -0.1) is 0 Å². The molecule has 0 aliphatic rings. The van der Waals surface area contributed by atoms with Gasteiger partial charge in [0.1, 0.15) is 5.75 Å². The van der Waals surface area contributed by atoms with Crippen molar-refractivity contribution in [1.29, 1.82) is 0 Å². The molecule has 2 N–H and O–H groups in total. The zero-order valence-electron chi connectivity index (χ0n) is 11.8. The van der Waals surface area contributed by atoms with Gasteiger partial charge < -0.3 is 10.4 Å². The Morgan fingerprint density at radius 3 is 2.85 bits per heavy atom. The van der Waals surface area contributed by atoms with E-state index < -0.39 is 0 Å². The van der Waals surface area contributed by atoms with E-state index in [0.29, 0.717) is 5.75 Å². The van der Waals surface area contributed by atoms with Crippen LogP contribution in [-0.4, -0.2) is 21.4 Å². The fourth-order valence-corrected chi connectivity index (χ4v) is 2.63. The van der Waals surface area contributed by atoms with Gasteiger partial charge in [-0.25, -0.2) is 0 Å². The molecule has 0 saturated carbocycles. The monoisotopic (exact) mass is 337 g/mol. The third-order valence-electron chi connectivity index (χ3n) is 3.31. The van der Waals surface area contributed by atoms with Gasteiger partial charge in [0.05, 0.1) is 5.69 Å². The Morgan fingerprint density at radius 2 is 2.20 bits per heavy atom. The molecule has 1 aromatic carbocycles. The van der Waals surface area contributed by atoms with Gasteiger partial charge in [0.2, 0.25) is 0 Å². The smallest absolute Gasteiger partial charge is 0.120 e. The molecule has 4 nitrogen and oxygen atoms in total. The van der Waals surface area contributed by atoms with Crippen molar-refractivity contribution in [2.24, 2.45) is 7.05 Å². The lowest BCUT2D eigenvalue weighted by Gasteiger charge is -2.18. The molecular formula is C15H20BrN3O. The van der Waals surface area contributed by atoms with E-state index in [0.717, 1.165) is 35.1 Å². The molecule has 1 unspecified atom stereocenters. The van der Waals surface area contributed by atoms with E-state index >= 15 is 0 Å². The molecule has 108 valence electrons. The first-order valence-corrected chi connectivity index (χ1v) is 7.59. The van der Waals surface area contributed by atoms with E-state index in [9.17, 15) is 5.11 Å². The van der Waals surface area contributed by atoms with Crippen LogP contribution in [0.4, 0.5) is 0 Å². The van der Waals surface area contributed by atoms with Crippen molar-refractivity contribution in [3.05, 3.63) is 46.2 Å². The van der Waals surface area contributed by atoms with Crippen LogP contribution in [0.1, 0.15) is 30.6 Å². The van der Waals surface area contributed by atoms with Crippen LogP contribution in [0, 0.1) is 0 Å². The fourth-order valence-electron chi connectivity index (χ4n) is 2.25. The molecule has 0 radical (unpaired) electrons. The highest BCUT2D eigenvalue weighted by atomic mass is 79.9. The molecule has 0 aliphatic carbocycles. The Morgan fingerprint density at radius 1 is 1.40 bits per heavy atom. The summed E-state index contributed by atoms with van der Waals surface area (Å²) in [6.45, 7) is 2.94. The maximum absolute atomic E-state index is 9.98. The van der Waals surface area contributed by atoms with E-state index in [1.54, 1.807) is 6.07 Å². The highest BCUT2D eigenvalue weighted by Crippen LogP contribution is 2.29. The van der Waals surface area contributed by atoms with E-state index in [4.69, 9.17) is 0 Å². The number of benzene rings is 1. The van der Waals surface area contributed by atoms with Crippen molar-refractivity contribution < 1.29 is 5.11 Å². The molecule has 2 aromatic rings. The molecule has 0 bridgehead atoms. The van der Waals surface area contributed by atoms with Crippen LogP contribution in [0.15, 0.2) is 34.9 Å². The van der Waals surface area contributed by atoms with E-state index in [1.165, 1.54) is 0 Å². The number of phenols is 1. The van der Waals surface area contributed by atoms with Gasteiger partial charge in [0.25, 0.3) is 0 Å². The fraction of sp³-hybridized carbons (Fsp3) is 0.400. The number of nitrogens with one attached hydrogen (secondary N) is 1. The largest absolute Gasteiger partial charge is 0.508 e. The molecule has 20 heavy (non-hydrogen) atoms. The van der Waals surface area contributed by atoms with Gasteiger partial charge in [-0.05, 0) is 30.7 Å². The molecule has 0 fully saturated rings. The molecule has 1 aromatic heterocycles. The van der Waals surface area contributed by atoms with Crippen molar-refractivity contribution in [3.8, 4) is 5.75 Å². The number of phenolic OH excluding ortho intramolecular Hbond substituents is 1. The van der Waals surface area contributed by atoms with Crippen molar-refractivity contribution >= 4 is 15.9 Å². The summed E-state index contributed by atoms with van der Waals surface area (Å²) in [4.78, 5) is 0. The second kappa shape index (κ2) is 6.90. The quantitative estimate of drug-likeness (QED) is 0.851. The summed E-state index contributed by atoms with van der Waals surface area (Å²) >= 11 is 3.45. The number of aryl methyl sites for hydroxylation is 1. The molecule has 5 heteroatoms. The van der Waals surface area contributed by atoms with Crippen LogP contribution >= 0.6 is 15.9 Å². The van der Waals surface area contributed by atoms with Gasteiger partial charge in [0.15, 0.2) is 0 Å². The van der Waals surface area contributed by atoms with Gasteiger partial charge in [-0.2, -0.15) is 5.10 Å². The second-order valence-corrected chi connectivity index (χ2v) is 5.76. The first-order valence-electron chi connectivity index (χ1n) is 6.80. The zero-order chi connectivity index (χ0) is 14.5. The molecule has 0 aliphatic heterocycles. The van der Waals surface area contributed by atoms with E-state index in [-0.39, 0.29) is 6.04 Å². The summed E-state index contributed by atoms with van der Waals surface area (Å²) in [6.07, 6.45) is 3.76. The minimum atomic E-state index is 0.149. The predicted molar refractivity (Wildman–Crippen MR) is 83.8 cm³/mol. The third kappa shape index (κ3) is 3.84.